The van der Waals surface area contributed by atoms with Crippen molar-refractivity contribution in [1.29, 1.82) is 0 Å². The summed E-state index contributed by atoms with van der Waals surface area (Å²) < 4.78 is 32.6. The second-order valence-corrected chi connectivity index (χ2v) is 15.4. The number of nitrogens with two attached hydrogens (primary N) is 1. The third-order valence-corrected chi connectivity index (χ3v) is 9.76. The van der Waals surface area contributed by atoms with Crippen LogP contribution in [0.1, 0.15) is 174 Å². The highest BCUT2D eigenvalue weighted by atomic mass is 31.2. The molecule has 0 amide bonds. The molecule has 0 saturated carbocycles. The lowest BCUT2D eigenvalue weighted by Gasteiger charge is -2.20. The molecule has 0 heterocycles. The van der Waals surface area contributed by atoms with Crippen molar-refractivity contribution in [2.75, 3.05) is 19.8 Å². The molecule has 0 aromatic carbocycles. The lowest BCUT2D eigenvalue weighted by molar-refractivity contribution is -0.161. The van der Waals surface area contributed by atoms with Crippen molar-refractivity contribution in [1.82, 2.24) is 0 Å². The van der Waals surface area contributed by atoms with Crippen molar-refractivity contribution >= 4 is 25.7 Å². The molecule has 13 heteroatoms. The largest absolute Gasteiger partial charge is 0.480 e. The Morgan fingerprint density at radius 2 is 1.15 bits per heavy atom. The number of carbonyl (C=O) groups is 3. The highest BCUT2D eigenvalue weighted by Crippen LogP contribution is 2.43. The van der Waals surface area contributed by atoms with Crippen LogP contribution in [-0.4, -0.2) is 71.1 Å². The number of aliphatic hydroxyl groups is 1. The molecule has 0 radical (unpaired) electrons. The van der Waals surface area contributed by atoms with Crippen molar-refractivity contribution < 1.29 is 52.6 Å². The predicted molar refractivity (Wildman–Crippen MR) is 209 cm³/mol. The summed E-state index contributed by atoms with van der Waals surface area (Å²) in [5.41, 5.74) is 5.32. The molecule has 4 unspecified atom stereocenters. The van der Waals surface area contributed by atoms with Crippen molar-refractivity contribution in [2.45, 2.75) is 193 Å². The Labute approximate surface area is 320 Å². The van der Waals surface area contributed by atoms with Crippen LogP contribution in [0.2, 0.25) is 0 Å². The second-order valence-electron chi connectivity index (χ2n) is 14.0. The maximum Gasteiger partial charge on any atom is 0.472 e. The Hall–Kier alpha value is -2.08. The molecule has 12 nitrogen and oxygen atoms in total. The minimum atomic E-state index is -4.73. The van der Waals surface area contributed by atoms with Crippen molar-refractivity contribution in [3.05, 3.63) is 24.3 Å². The van der Waals surface area contributed by atoms with Crippen LogP contribution in [0.15, 0.2) is 24.3 Å². The third kappa shape index (κ3) is 35.4. The van der Waals surface area contributed by atoms with Gasteiger partial charge in [0.05, 0.1) is 19.3 Å². The quantitative estimate of drug-likeness (QED) is 0.0201. The molecule has 53 heavy (non-hydrogen) atoms. The zero-order valence-electron chi connectivity index (χ0n) is 33.0. The molecule has 0 bridgehead atoms. The number of carbonyl (C=O) groups excluding carboxylic acids is 2. The van der Waals surface area contributed by atoms with Gasteiger partial charge in [0.15, 0.2) is 6.10 Å². The van der Waals surface area contributed by atoms with E-state index in [1.807, 2.05) is 18.2 Å². The first-order valence-electron chi connectivity index (χ1n) is 20.5. The van der Waals surface area contributed by atoms with Gasteiger partial charge in [-0.1, -0.05) is 154 Å². The lowest BCUT2D eigenvalue weighted by Crippen LogP contribution is -2.34. The molecule has 0 aliphatic rings. The number of rotatable bonds is 38. The third-order valence-electron chi connectivity index (χ3n) is 8.81. The molecule has 0 aromatic rings. The molecule has 0 spiro atoms. The molecule has 0 aliphatic heterocycles. The Balaban J connectivity index is 4.46. The zero-order chi connectivity index (χ0) is 39.4. The first kappa shape index (κ1) is 50.9. The number of allylic oxidation sites excluding steroid dienone is 3. The van der Waals surface area contributed by atoms with Crippen LogP contribution in [-0.2, 0) is 37.5 Å². The minimum Gasteiger partial charge on any atom is -0.480 e. The minimum absolute atomic E-state index is 0.120. The predicted octanol–water partition coefficient (Wildman–Crippen LogP) is 9.25. The molecular formula is C40H74NO11P. The molecule has 310 valence electrons. The van der Waals surface area contributed by atoms with Crippen LogP contribution in [0.5, 0.6) is 0 Å². The van der Waals surface area contributed by atoms with Gasteiger partial charge in [-0.05, 0) is 32.1 Å². The number of hydrogen-bond donors (Lipinski definition) is 4. The molecule has 0 saturated heterocycles. The van der Waals surface area contributed by atoms with Crippen LogP contribution >= 0.6 is 7.82 Å². The first-order valence-corrected chi connectivity index (χ1v) is 22.0. The Bertz CT molecular complexity index is 1020. The fourth-order valence-electron chi connectivity index (χ4n) is 5.50. The van der Waals surface area contributed by atoms with E-state index in [9.17, 15) is 28.9 Å². The smallest absolute Gasteiger partial charge is 0.472 e. The summed E-state index contributed by atoms with van der Waals surface area (Å²) in [6, 6.07) is -1.53. The van der Waals surface area contributed by atoms with Gasteiger partial charge < -0.3 is 30.3 Å². The number of hydrogen-bond acceptors (Lipinski definition) is 10. The van der Waals surface area contributed by atoms with E-state index in [-0.39, 0.29) is 19.4 Å². The van der Waals surface area contributed by atoms with Crippen LogP contribution in [0.4, 0.5) is 0 Å². The molecule has 0 aliphatic carbocycles. The SMILES string of the molecule is CCCCCCCCCCCCCCCC(=O)OCC(COP(=O)(O)OCC(N)C(=O)O)OC(=O)CCCCCCC/C=C\C=C\C(O)CCCCC. The first-order chi connectivity index (χ1) is 25.5. The summed E-state index contributed by atoms with van der Waals surface area (Å²) in [7, 11) is -4.73. The Morgan fingerprint density at radius 3 is 1.72 bits per heavy atom. The van der Waals surface area contributed by atoms with E-state index in [0.717, 1.165) is 77.0 Å². The molecular weight excluding hydrogens is 701 g/mol. The Kier molecular flexibility index (Phi) is 34.2. The van der Waals surface area contributed by atoms with Gasteiger partial charge in [0.1, 0.15) is 12.6 Å². The van der Waals surface area contributed by atoms with Gasteiger partial charge in [-0.2, -0.15) is 0 Å². The second kappa shape index (κ2) is 35.6. The summed E-state index contributed by atoms with van der Waals surface area (Å²) in [6.07, 6.45) is 31.4. The summed E-state index contributed by atoms with van der Waals surface area (Å²) in [4.78, 5) is 45.8. The molecule has 0 aromatic heterocycles. The summed E-state index contributed by atoms with van der Waals surface area (Å²) in [6.45, 7) is 2.64. The fraction of sp³-hybridized carbons (Fsp3) is 0.825. The number of carboxylic acids is 1. The number of phosphoric ester groups is 1. The van der Waals surface area contributed by atoms with E-state index in [1.165, 1.54) is 57.8 Å². The van der Waals surface area contributed by atoms with Gasteiger partial charge >= 0.3 is 25.7 Å². The monoisotopic (exact) mass is 775 g/mol. The maximum absolute atomic E-state index is 12.6. The highest BCUT2D eigenvalue weighted by Gasteiger charge is 2.28. The van der Waals surface area contributed by atoms with E-state index < -0.39 is 57.2 Å². The standard InChI is InChI=1S/C40H74NO11P/c1-3-5-7-8-9-10-11-12-13-16-19-22-26-30-38(43)49-32-36(33-50-53(47,48)51-34-37(41)40(45)46)52-39(44)31-27-23-20-17-14-15-18-21-25-29-35(42)28-24-6-4-2/h18,21,25,29,35-37,42H,3-17,19-20,22-24,26-28,30-34,41H2,1-2H3,(H,45,46)(H,47,48)/b21-18-,29-25+. The number of ether oxygens (including phenoxy) is 2. The topological polar surface area (TPSA) is 192 Å². The summed E-state index contributed by atoms with van der Waals surface area (Å²) in [5.74, 6) is -2.43. The normalized spacial score (nSPS) is 14.7. The van der Waals surface area contributed by atoms with Crippen LogP contribution in [0.3, 0.4) is 0 Å². The van der Waals surface area contributed by atoms with E-state index in [0.29, 0.717) is 12.8 Å². The van der Waals surface area contributed by atoms with E-state index >= 15 is 0 Å². The maximum atomic E-state index is 12.6. The van der Waals surface area contributed by atoms with Crippen molar-refractivity contribution in [2.24, 2.45) is 5.73 Å². The average molecular weight is 776 g/mol. The van der Waals surface area contributed by atoms with Gasteiger partial charge in [-0.25, -0.2) is 4.57 Å². The summed E-state index contributed by atoms with van der Waals surface area (Å²) >= 11 is 0. The Morgan fingerprint density at radius 1 is 0.660 bits per heavy atom. The number of phosphoric acid groups is 1. The lowest BCUT2D eigenvalue weighted by atomic mass is 10.0. The van der Waals surface area contributed by atoms with Gasteiger partial charge in [0.25, 0.3) is 0 Å². The van der Waals surface area contributed by atoms with Gasteiger partial charge in [0, 0.05) is 12.8 Å². The molecule has 0 fully saturated rings. The highest BCUT2D eigenvalue weighted by molar-refractivity contribution is 7.47. The molecule has 0 rings (SSSR count). The number of carboxylic acid groups (broad SMARTS) is 1. The summed E-state index contributed by atoms with van der Waals surface area (Å²) in [5, 5.41) is 18.8. The molecule has 5 N–H and O–H groups in total. The van der Waals surface area contributed by atoms with Crippen LogP contribution in [0.25, 0.3) is 0 Å². The number of aliphatic hydroxyl groups excluding tert-OH is 1. The number of unbranched alkanes of at least 4 members (excludes halogenated alkanes) is 19. The van der Waals surface area contributed by atoms with Crippen molar-refractivity contribution in [3.8, 4) is 0 Å². The number of aliphatic carboxylic acids is 1. The number of esters is 2. The van der Waals surface area contributed by atoms with Gasteiger partial charge in [-0.3, -0.25) is 23.4 Å². The van der Waals surface area contributed by atoms with Crippen molar-refractivity contribution in [3.63, 3.8) is 0 Å². The van der Waals surface area contributed by atoms with Gasteiger partial charge in [0.2, 0.25) is 0 Å². The van der Waals surface area contributed by atoms with E-state index in [2.05, 4.69) is 24.4 Å². The average Bonchev–Trinajstić information content (AvgIpc) is 3.12. The van der Waals surface area contributed by atoms with E-state index in [4.69, 9.17) is 24.8 Å². The van der Waals surface area contributed by atoms with Crippen LogP contribution < -0.4 is 5.73 Å². The molecule has 4 atom stereocenters. The fourth-order valence-corrected chi connectivity index (χ4v) is 6.27. The van der Waals surface area contributed by atoms with Gasteiger partial charge in [-0.15, -0.1) is 0 Å². The van der Waals surface area contributed by atoms with Crippen LogP contribution in [0, 0.1) is 0 Å². The van der Waals surface area contributed by atoms with E-state index in [1.54, 1.807) is 0 Å². The zero-order valence-corrected chi connectivity index (χ0v) is 33.9.